The van der Waals surface area contributed by atoms with E-state index in [1.165, 1.54) is 10.5 Å². The Morgan fingerprint density at radius 2 is 1.62 bits per heavy atom. The molecule has 0 N–H and O–H groups in total. The highest BCUT2D eigenvalue weighted by Crippen LogP contribution is 2.42. The first kappa shape index (κ1) is 25.7. The van der Waals surface area contributed by atoms with Gasteiger partial charge in [0.05, 0.1) is 5.69 Å². The second kappa shape index (κ2) is 9.86. The van der Waals surface area contributed by atoms with Gasteiger partial charge in [-0.3, -0.25) is 14.6 Å². The molecule has 9 nitrogen and oxygen atoms in total. The van der Waals surface area contributed by atoms with E-state index >= 15 is 0 Å². The number of hydrogen-bond donors (Lipinski definition) is 0. The number of sulfonamides is 1. The zero-order valence-corrected chi connectivity index (χ0v) is 22.7. The van der Waals surface area contributed by atoms with Gasteiger partial charge in [0, 0.05) is 56.3 Å². The van der Waals surface area contributed by atoms with E-state index in [1.54, 1.807) is 11.4 Å². The number of anilines is 1. The molecule has 3 aliphatic rings. The number of carbonyl (C=O) groups excluding carboxylic acids is 1. The van der Waals surface area contributed by atoms with Crippen LogP contribution in [0.2, 0.25) is 0 Å². The van der Waals surface area contributed by atoms with E-state index in [4.69, 9.17) is 14.7 Å². The lowest BCUT2D eigenvalue weighted by Gasteiger charge is -2.53. The molecule has 0 atom stereocenters. The van der Waals surface area contributed by atoms with Crippen LogP contribution in [0.1, 0.15) is 18.4 Å². The van der Waals surface area contributed by atoms with Gasteiger partial charge >= 0.3 is 0 Å². The fourth-order valence-electron chi connectivity index (χ4n) is 5.75. The smallest absolute Gasteiger partial charge is 0.266 e. The van der Waals surface area contributed by atoms with Gasteiger partial charge in [0.2, 0.25) is 10.0 Å². The summed E-state index contributed by atoms with van der Waals surface area (Å²) in [4.78, 5) is 25.7. The maximum Gasteiger partial charge on any atom is 0.266 e. The van der Waals surface area contributed by atoms with Crippen LogP contribution in [0.15, 0.2) is 66.6 Å². The minimum atomic E-state index is -3.33. The number of likely N-dealkylation sites (N-methyl/N-ethyl adjacent to an activating group) is 1. The van der Waals surface area contributed by atoms with Gasteiger partial charge in [-0.25, -0.2) is 18.4 Å². The molecule has 3 aromatic rings. The number of likely N-dealkylation sites (tertiary alicyclic amines) is 1. The molecule has 1 aromatic heterocycles. The highest BCUT2D eigenvalue weighted by molar-refractivity contribution is 7.92. The van der Waals surface area contributed by atoms with E-state index in [2.05, 4.69) is 35.7 Å². The zero-order valence-electron chi connectivity index (χ0n) is 21.9. The van der Waals surface area contributed by atoms with E-state index in [0.29, 0.717) is 36.2 Å². The zero-order chi connectivity index (χ0) is 27.2. The molecule has 10 heteroatoms. The van der Waals surface area contributed by atoms with Crippen molar-refractivity contribution in [3.05, 3.63) is 72.1 Å². The summed E-state index contributed by atoms with van der Waals surface area (Å²) in [6, 6.07) is 18.2. The third-order valence-corrected chi connectivity index (χ3v) is 9.53. The highest BCUT2D eigenvalue weighted by atomic mass is 32.2. The van der Waals surface area contributed by atoms with Gasteiger partial charge < -0.3 is 4.74 Å². The van der Waals surface area contributed by atoms with Crippen molar-refractivity contribution in [1.29, 1.82) is 0 Å². The Bertz CT molecular complexity index is 1510. The molecule has 0 radical (unpaired) electrons. The molecule has 3 aliphatic heterocycles. The molecular formula is C29H31N5O4S. The number of ether oxygens (including phenoxy) is 1. The molecule has 1 spiro atoms. The number of nitrogens with zero attached hydrogens (tertiary/aromatic N) is 5. The number of amides is 1. The maximum atomic E-state index is 12.2. The lowest BCUT2D eigenvalue weighted by Crippen LogP contribution is -2.60. The van der Waals surface area contributed by atoms with Crippen molar-refractivity contribution in [2.24, 2.45) is 5.41 Å². The van der Waals surface area contributed by atoms with Crippen molar-refractivity contribution < 1.29 is 17.9 Å². The summed E-state index contributed by atoms with van der Waals surface area (Å²) >= 11 is 0. The van der Waals surface area contributed by atoms with Gasteiger partial charge in [0.1, 0.15) is 5.69 Å². The maximum absolute atomic E-state index is 12.2. The van der Waals surface area contributed by atoms with Crippen molar-refractivity contribution in [3.63, 3.8) is 0 Å². The number of rotatable bonds is 6. The number of carbonyl (C=O) groups is 1. The molecule has 1 amide bonds. The fourth-order valence-corrected chi connectivity index (χ4v) is 6.65. The quantitative estimate of drug-likeness (QED) is 0.468. The molecule has 2 fully saturated rings. The van der Waals surface area contributed by atoms with Crippen LogP contribution >= 0.6 is 0 Å². The van der Waals surface area contributed by atoms with Crippen LogP contribution in [0.25, 0.3) is 22.5 Å². The summed E-state index contributed by atoms with van der Waals surface area (Å²) < 4.78 is 31.3. The Hall–Kier alpha value is -3.60. The lowest BCUT2D eigenvalue weighted by atomic mass is 9.72. The summed E-state index contributed by atoms with van der Waals surface area (Å²) in [6.45, 7) is 7.32. The van der Waals surface area contributed by atoms with E-state index < -0.39 is 10.0 Å². The molecule has 6 rings (SSSR count). The fraction of sp³-hybridized carbons (Fsp3) is 0.345. The summed E-state index contributed by atoms with van der Waals surface area (Å²) in [6.07, 6.45) is 1.77. The summed E-state index contributed by atoms with van der Waals surface area (Å²) in [7, 11) is -1.64. The monoisotopic (exact) mass is 545 g/mol. The molecular weight excluding hydrogens is 514 g/mol. The van der Waals surface area contributed by atoms with Crippen molar-refractivity contribution in [1.82, 2.24) is 19.2 Å². The number of piperidine rings is 1. The van der Waals surface area contributed by atoms with Crippen LogP contribution in [-0.2, 0) is 21.4 Å². The predicted octanol–water partition coefficient (Wildman–Crippen LogP) is 3.54. The lowest BCUT2D eigenvalue weighted by molar-refractivity contribution is -0.121. The van der Waals surface area contributed by atoms with Crippen LogP contribution in [0.5, 0.6) is 5.88 Å². The summed E-state index contributed by atoms with van der Waals surface area (Å²) in [5, 5.41) is 1.05. The van der Waals surface area contributed by atoms with E-state index in [-0.39, 0.29) is 17.9 Å². The number of aromatic nitrogens is 2. The molecule has 4 heterocycles. The Kier molecular flexibility index (Phi) is 6.49. The van der Waals surface area contributed by atoms with Crippen LogP contribution in [0.4, 0.5) is 5.82 Å². The average molecular weight is 546 g/mol. The Labute approximate surface area is 228 Å². The Morgan fingerprint density at radius 3 is 2.28 bits per heavy atom. The second-order valence-electron chi connectivity index (χ2n) is 10.6. The number of benzene rings is 2. The van der Waals surface area contributed by atoms with Crippen LogP contribution in [0.3, 0.4) is 0 Å². The third kappa shape index (κ3) is 4.84. The van der Waals surface area contributed by atoms with Crippen LogP contribution in [0, 0.1) is 5.41 Å². The Balaban J connectivity index is 1.18. The first-order chi connectivity index (χ1) is 18.8. The third-order valence-electron chi connectivity index (χ3n) is 8.02. The molecule has 0 saturated carbocycles. The molecule has 2 saturated heterocycles. The summed E-state index contributed by atoms with van der Waals surface area (Å²) in [5.41, 5.74) is 4.66. The number of hydrogen-bond acceptors (Lipinski definition) is 7. The minimum Gasteiger partial charge on any atom is -0.465 e. The van der Waals surface area contributed by atoms with E-state index in [1.807, 2.05) is 30.3 Å². The normalized spacial score (nSPS) is 19.3. The van der Waals surface area contributed by atoms with Gasteiger partial charge in [-0.15, -0.1) is 0 Å². The molecule has 0 bridgehead atoms. The van der Waals surface area contributed by atoms with E-state index in [9.17, 15) is 13.2 Å². The molecule has 2 aromatic carbocycles. The minimum absolute atomic E-state index is 0.0549. The van der Waals surface area contributed by atoms with Crippen molar-refractivity contribution in [2.45, 2.75) is 19.4 Å². The average Bonchev–Trinajstić information content (AvgIpc) is 2.95. The second-order valence-corrected chi connectivity index (χ2v) is 12.5. The largest absolute Gasteiger partial charge is 0.465 e. The summed E-state index contributed by atoms with van der Waals surface area (Å²) in [5.74, 6) is 0.617. The van der Waals surface area contributed by atoms with Gasteiger partial charge in [-0.2, -0.15) is 4.31 Å². The van der Waals surface area contributed by atoms with Crippen molar-refractivity contribution in [3.8, 4) is 28.4 Å². The molecule has 0 aliphatic carbocycles. The molecule has 0 unspecified atom stereocenters. The van der Waals surface area contributed by atoms with Gasteiger partial charge in [0.25, 0.3) is 11.8 Å². The van der Waals surface area contributed by atoms with Crippen LogP contribution in [-0.4, -0.2) is 73.3 Å². The highest BCUT2D eigenvalue weighted by Gasteiger charge is 2.45. The van der Waals surface area contributed by atoms with E-state index in [0.717, 1.165) is 49.0 Å². The van der Waals surface area contributed by atoms with Gasteiger partial charge in [-0.05, 0) is 23.8 Å². The molecule has 39 heavy (non-hydrogen) atoms. The van der Waals surface area contributed by atoms with Crippen molar-refractivity contribution >= 4 is 21.7 Å². The van der Waals surface area contributed by atoms with Crippen molar-refractivity contribution in [2.75, 3.05) is 44.7 Å². The standard InChI is InChI=1S/C29H31N5O4S/c1-3-39(36,37)34-15-13-29(14-16-34)19-33(20-29)17-21-9-11-23(12-10-21)26-25(22-7-5-4-6-8-22)30-27-28(31-26)38-18-24(35)32(27)2/h3-12H,1,13-20H2,2H3. The topological polar surface area (TPSA) is 95.9 Å². The Morgan fingerprint density at radius 1 is 0.974 bits per heavy atom. The SMILES string of the molecule is C=CS(=O)(=O)N1CCC2(CC1)CN(Cc1ccc(-c3nc4c(nc3-c3ccccc3)N(C)C(=O)CO4)cc1)C2. The molecule has 202 valence electrons. The van der Waals surface area contributed by atoms with Gasteiger partial charge in [0.15, 0.2) is 12.4 Å². The first-order valence-electron chi connectivity index (χ1n) is 13.1. The van der Waals surface area contributed by atoms with Gasteiger partial charge in [-0.1, -0.05) is 61.2 Å². The predicted molar refractivity (Wildman–Crippen MR) is 149 cm³/mol. The number of fused-ring (bicyclic) bond motifs is 1. The van der Waals surface area contributed by atoms with Crippen LogP contribution < -0.4 is 9.64 Å². The first-order valence-corrected chi connectivity index (χ1v) is 14.6.